The number of nitrogens with one attached hydrogen (secondary N) is 1. The number of ketones is 1. The summed E-state index contributed by atoms with van der Waals surface area (Å²) in [5.41, 5.74) is 0. The minimum Gasteiger partial charge on any atom is -0.443 e. The molecule has 1 saturated carbocycles. The Hall–Kier alpha value is -1.10. The number of nitrogens with zero attached hydrogens (tertiary/aromatic N) is 1. The van der Waals surface area contributed by atoms with Gasteiger partial charge in [0.15, 0.2) is 0 Å². The van der Waals surface area contributed by atoms with Crippen LogP contribution in [0.3, 0.4) is 0 Å². The number of hydrogen-bond donors (Lipinski definition) is 1. The molecule has 0 bridgehead atoms. The summed E-state index contributed by atoms with van der Waals surface area (Å²) in [5, 5.41) is 2.71. The number of carbonyl (C=O) groups is 2. The second kappa shape index (κ2) is 6.12. The number of alkyl carbamates (subject to hydrolysis) is 1. The molecule has 2 aliphatic heterocycles. The molecule has 3 fully saturated rings. The van der Waals surface area contributed by atoms with Crippen LogP contribution >= 0.6 is 0 Å². The third kappa shape index (κ3) is 2.97. The van der Waals surface area contributed by atoms with Crippen LogP contribution in [0.25, 0.3) is 0 Å². The predicted molar refractivity (Wildman–Crippen MR) is 74.4 cm³/mol. The van der Waals surface area contributed by atoms with Crippen molar-refractivity contribution in [2.24, 2.45) is 5.92 Å². The van der Waals surface area contributed by atoms with Crippen LogP contribution in [-0.2, 0) is 9.53 Å². The molecule has 5 heteroatoms. The normalized spacial score (nSPS) is 35.7. The van der Waals surface area contributed by atoms with Gasteiger partial charge in [-0.25, -0.2) is 4.79 Å². The number of Topliss-reactive ketones (excluding diaryl/α,β-unsaturated/α-hetero) is 1. The fourth-order valence-electron chi connectivity index (χ4n) is 3.91. The zero-order valence-electron chi connectivity index (χ0n) is 12.0. The summed E-state index contributed by atoms with van der Waals surface area (Å²) in [5.74, 6) is 0.670. The van der Waals surface area contributed by atoms with E-state index in [9.17, 15) is 9.59 Å². The maximum absolute atomic E-state index is 12.2. The highest BCUT2D eigenvalue weighted by Gasteiger charge is 2.37. The van der Waals surface area contributed by atoms with Crippen molar-refractivity contribution in [1.82, 2.24) is 10.2 Å². The highest BCUT2D eigenvalue weighted by Crippen LogP contribution is 2.32. The minimum atomic E-state index is -0.308. The Kier molecular flexibility index (Phi) is 4.24. The average molecular weight is 280 g/mol. The van der Waals surface area contributed by atoms with Crippen LogP contribution in [0.1, 0.15) is 44.9 Å². The zero-order chi connectivity index (χ0) is 13.9. The SMILES string of the molecule is O=C1NCC(CN2CCCCC2C2CCCCC2=O)O1. The molecule has 2 heterocycles. The van der Waals surface area contributed by atoms with Gasteiger partial charge in [-0.15, -0.1) is 0 Å². The number of amides is 1. The van der Waals surface area contributed by atoms with Gasteiger partial charge in [0.2, 0.25) is 0 Å². The molecule has 112 valence electrons. The molecule has 3 unspecified atom stereocenters. The number of hydrogen-bond acceptors (Lipinski definition) is 4. The summed E-state index contributed by atoms with van der Waals surface area (Å²) in [4.78, 5) is 25.7. The Morgan fingerprint density at radius 2 is 2.00 bits per heavy atom. The standard InChI is InChI=1S/C15H24N2O3/c18-14-7-2-1-5-12(14)13-6-3-4-8-17(13)10-11-9-16-15(19)20-11/h11-13H,1-10H2,(H,16,19). The fourth-order valence-corrected chi connectivity index (χ4v) is 3.91. The molecule has 1 N–H and O–H groups in total. The van der Waals surface area contributed by atoms with Crippen molar-refractivity contribution in [2.75, 3.05) is 19.6 Å². The third-order valence-electron chi connectivity index (χ3n) is 4.92. The second-order valence-electron chi connectivity index (χ2n) is 6.28. The summed E-state index contributed by atoms with van der Waals surface area (Å²) >= 11 is 0. The lowest BCUT2D eigenvalue weighted by molar-refractivity contribution is -0.128. The first-order valence-corrected chi connectivity index (χ1v) is 7.95. The maximum atomic E-state index is 12.2. The molecule has 0 radical (unpaired) electrons. The van der Waals surface area contributed by atoms with Crippen molar-refractivity contribution < 1.29 is 14.3 Å². The Morgan fingerprint density at radius 1 is 1.15 bits per heavy atom. The van der Waals surface area contributed by atoms with Crippen LogP contribution < -0.4 is 5.32 Å². The molecule has 1 aliphatic carbocycles. The van der Waals surface area contributed by atoms with E-state index >= 15 is 0 Å². The number of likely N-dealkylation sites (tertiary alicyclic amines) is 1. The van der Waals surface area contributed by atoms with Gasteiger partial charge >= 0.3 is 6.09 Å². The number of carbonyl (C=O) groups excluding carboxylic acids is 2. The summed E-state index contributed by atoms with van der Waals surface area (Å²) in [6.45, 7) is 2.40. The molecule has 2 saturated heterocycles. The Labute approximate surface area is 120 Å². The minimum absolute atomic E-state index is 0.0539. The molecule has 0 aromatic rings. The van der Waals surface area contributed by atoms with Gasteiger partial charge in [-0.05, 0) is 32.2 Å². The van der Waals surface area contributed by atoms with Crippen LogP contribution in [-0.4, -0.2) is 48.6 Å². The largest absolute Gasteiger partial charge is 0.443 e. The molecule has 0 aromatic carbocycles. The number of ether oxygens (including phenoxy) is 1. The molecule has 0 aromatic heterocycles. The average Bonchev–Trinajstić information content (AvgIpc) is 2.86. The van der Waals surface area contributed by atoms with Crippen LogP contribution in [0.4, 0.5) is 4.79 Å². The smallest absolute Gasteiger partial charge is 0.407 e. The van der Waals surface area contributed by atoms with Crippen molar-refractivity contribution in [3.05, 3.63) is 0 Å². The Bertz CT molecular complexity index is 385. The molecule has 0 spiro atoms. The fraction of sp³-hybridized carbons (Fsp3) is 0.867. The van der Waals surface area contributed by atoms with E-state index in [0.717, 1.165) is 38.8 Å². The molecular weight excluding hydrogens is 256 g/mol. The topological polar surface area (TPSA) is 58.6 Å². The summed E-state index contributed by atoms with van der Waals surface area (Å²) < 4.78 is 5.25. The maximum Gasteiger partial charge on any atom is 0.407 e. The lowest BCUT2D eigenvalue weighted by Gasteiger charge is -2.41. The molecule has 3 atom stereocenters. The first kappa shape index (κ1) is 13.9. The van der Waals surface area contributed by atoms with E-state index in [0.29, 0.717) is 18.4 Å². The van der Waals surface area contributed by atoms with Gasteiger partial charge < -0.3 is 10.1 Å². The first-order chi connectivity index (χ1) is 9.74. The van der Waals surface area contributed by atoms with Crippen LogP contribution in [0.5, 0.6) is 0 Å². The second-order valence-corrected chi connectivity index (χ2v) is 6.28. The highest BCUT2D eigenvalue weighted by molar-refractivity contribution is 5.82. The van der Waals surface area contributed by atoms with Gasteiger partial charge in [-0.2, -0.15) is 0 Å². The van der Waals surface area contributed by atoms with E-state index in [1.165, 1.54) is 19.3 Å². The first-order valence-electron chi connectivity index (χ1n) is 7.95. The number of piperidine rings is 1. The van der Waals surface area contributed by atoms with E-state index in [1.54, 1.807) is 0 Å². The lowest BCUT2D eigenvalue weighted by Crippen LogP contribution is -2.50. The van der Waals surface area contributed by atoms with Gasteiger partial charge in [0.25, 0.3) is 0 Å². The predicted octanol–water partition coefficient (Wildman–Crippen LogP) is 1.71. The molecule has 3 rings (SSSR count). The van der Waals surface area contributed by atoms with Crippen molar-refractivity contribution in [3.63, 3.8) is 0 Å². The van der Waals surface area contributed by atoms with E-state index < -0.39 is 0 Å². The van der Waals surface area contributed by atoms with E-state index in [-0.39, 0.29) is 18.1 Å². The van der Waals surface area contributed by atoms with Gasteiger partial charge in [0.05, 0.1) is 6.54 Å². The highest BCUT2D eigenvalue weighted by atomic mass is 16.6. The third-order valence-corrected chi connectivity index (χ3v) is 4.92. The quantitative estimate of drug-likeness (QED) is 0.855. The van der Waals surface area contributed by atoms with Crippen molar-refractivity contribution >= 4 is 11.9 Å². The van der Waals surface area contributed by atoms with Crippen molar-refractivity contribution in [1.29, 1.82) is 0 Å². The number of cyclic esters (lactones) is 1. The monoisotopic (exact) mass is 280 g/mol. The zero-order valence-corrected chi connectivity index (χ0v) is 12.0. The van der Waals surface area contributed by atoms with Gasteiger partial charge in [0, 0.05) is 24.9 Å². The van der Waals surface area contributed by atoms with Crippen LogP contribution in [0, 0.1) is 5.92 Å². The summed E-state index contributed by atoms with van der Waals surface area (Å²) in [6, 6.07) is 0.371. The number of rotatable bonds is 3. The van der Waals surface area contributed by atoms with Crippen LogP contribution in [0.15, 0.2) is 0 Å². The molecular formula is C15H24N2O3. The van der Waals surface area contributed by atoms with Crippen molar-refractivity contribution in [2.45, 2.75) is 57.1 Å². The molecule has 1 amide bonds. The lowest BCUT2D eigenvalue weighted by atomic mass is 9.79. The molecule has 5 nitrogen and oxygen atoms in total. The van der Waals surface area contributed by atoms with Gasteiger partial charge in [-0.1, -0.05) is 12.8 Å². The van der Waals surface area contributed by atoms with Gasteiger partial charge in [-0.3, -0.25) is 9.69 Å². The summed E-state index contributed by atoms with van der Waals surface area (Å²) in [7, 11) is 0. The summed E-state index contributed by atoms with van der Waals surface area (Å²) in [6.07, 6.45) is 7.20. The van der Waals surface area contributed by atoms with Crippen LogP contribution in [0.2, 0.25) is 0 Å². The van der Waals surface area contributed by atoms with E-state index in [4.69, 9.17) is 4.74 Å². The van der Waals surface area contributed by atoms with E-state index in [2.05, 4.69) is 10.2 Å². The Balaban J connectivity index is 1.64. The van der Waals surface area contributed by atoms with Crippen molar-refractivity contribution in [3.8, 4) is 0 Å². The van der Waals surface area contributed by atoms with Gasteiger partial charge in [0.1, 0.15) is 11.9 Å². The molecule has 20 heavy (non-hydrogen) atoms. The Morgan fingerprint density at radius 3 is 2.75 bits per heavy atom. The molecule has 3 aliphatic rings. The van der Waals surface area contributed by atoms with E-state index in [1.807, 2.05) is 0 Å².